The molecule has 1 rings (SSSR count). The summed E-state index contributed by atoms with van der Waals surface area (Å²) < 4.78 is 10.1. The average Bonchev–Trinajstić information content (AvgIpc) is 2.37. The minimum atomic E-state index is -0.265. The van der Waals surface area contributed by atoms with Gasteiger partial charge in [0.25, 0.3) is 0 Å². The van der Waals surface area contributed by atoms with Gasteiger partial charge in [0, 0.05) is 32.4 Å². The topological polar surface area (TPSA) is 77.0 Å². The first-order valence-electron chi connectivity index (χ1n) is 6.74. The van der Waals surface area contributed by atoms with Gasteiger partial charge in [0.1, 0.15) is 0 Å². The summed E-state index contributed by atoms with van der Waals surface area (Å²) in [4.78, 5) is 27.0. The molecule has 0 saturated heterocycles. The van der Waals surface area contributed by atoms with E-state index in [1.807, 2.05) is 6.92 Å². The summed E-state index contributed by atoms with van der Waals surface area (Å²) in [6.45, 7) is 4.03. The standard InChI is InChI=1S/C13H22N2O4/c1-11-14-7-3-9-18-12(16)5-2-6-13(17)19-10-4-8-15-11/h2-10H2,1H3,(H,14,15). The van der Waals surface area contributed by atoms with E-state index in [0.29, 0.717) is 32.6 Å². The lowest BCUT2D eigenvalue weighted by Crippen LogP contribution is -2.23. The van der Waals surface area contributed by atoms with E-state index in [0.717, 1.165) is 18.8 Å². The Balaban J connectivity index is 2.38. The van der Waals surface area contributed by atoms with Gasteiger partial charge >= 0.3 is 11.9 Å². The second-order valence-corrected chi connectivity index (χ2v) is 4.40. The molecule has 1 heterocycles. The van der Waals surface area contributed by atoms with Crippen LogP contribution in [-0.4, -0.2) is 44.1 Å². The highest BCUT2D eigenvalue weighted by Crippen LogP contribution is 2.01. The van der Waals surface area contributed by atoms with E-state index in [1.54, 1.807) is 0 Å². The number of aliphatic imine (C=N–C) groups is 1. The van der Waals surface area contributed by atoms with Crippen LogP contribution in [0, 0.1) is 0 Å². The minimum Gasteiger partial charge on any atom is -0.466 e. The number of esters is 2. The van der Waals surface area contributed by atoms with Crippen molar-refractivity contribution in [3.8, 4) is 0 Å². The second kappa shape index (κ2) is 9.35. The number of nitrogens with zero attached hydrogens (tertiary/aromatic N) is 1. The molecule has 0 bridgehead atoms. The van der Waals surface area contributed by atoms with E-state index < -0.39 is 0 Å². The van der Waals surface area contributed by atoms with E-state index in [-0.39, 0.29) is 24.8 Å². The fourth-order valence-electron chi connectivity index (χ4n) is 1.60. The zero-order valence-electron chi connectivity index (χ0n) is 11.4. The first-order valence-corrected chi connectivity index (χ1v) is 6.74. The van der Waals surface area contributed by atoms with Crippen LogP contribution in [0.4, 0.5) is 0 Å². The smallest absolute Gasteiger partial charge is 0.305 e. The molecule has 108 valence electrons. The van der Waals surface area contributed by atoms with Crippen LogP contribution in [0.3, 0.4) is 0 Å². The zero-order valence-corrected chi connectivity index (χ0v) is 11.4. The monoisotopic (exact) mass is 270 g/mol. The minimum absolute atomic E-state index is 0.259. The molecule has 0 aromatic heterocycles. The lowest BCUT2D eigenvalue weighted by Gasteiger charge is -2.08. The fourth-order valence-corrected chi connectivity index (χ4v) is 1.60. The maximum atomic E-state index is 11.3. The third-order valence-corrected chi connectivity index (χ3v) is 2.64. The lowest BCUT2D eigenvalue weighted by molar-refractivity contribution is -0.145. The fraction of sp³-hybridized carbons (Fsp3) is 0.769. The van der Waals surface area contributed by atoms with Gasteiger partial charge in [0.15, 0.2) is 0 Å². The molecular weight excluding hydrogens is 248 g/mol. The van der Waals surface area contributed by atoms with Crippen molar-refractivity contribution in [1.82, 2.24) is 5.32 Å². The Hall–Kier alpha value is -1.59. The van der Waals surface area contributed by atoms with Crippen LogP contribution in [0.2, 0.25) is 0 Å². The Morgan fingerprint density at radius 3 is 2.32 bits per heavy atom. The lowest BCUT2D eigenvalue weighted by atomic mass is 10.2. The van der Waals surface area contributed by atoms with E-state index >= 15 is 0 Å². The Labute approximate surface area is 113 Å². The SMILES string of the molecule is CC1=NCCCOC(=O)CCCC(=O)OCCCN1. The highest BCUT2D eigenvalue weighted by atomic mass is 16.5. The number of hydrogen-bond donors (Lipinski definition) is 1. The summed E-state index contributed by atoms with van der Waals surface area (Å²) in [6.07, 6.45) is 2.47. The van der Waals surface area contributed by atoms with Gasteiger partial charge in [-0.1, -0.05) is 0 Å². The van der Waals surface area contributed by atoms with Gasteiger partial charge in [-0.25, -0.2) is 0 Å². The largest absolute Gasteiger partial charge is 0.466 e. The number of nitrogens with one attached hydrogen (secondary N) is 1. The summed E-state index contributed by atoms with van der Waals surface area (Å²) in [5, 5.41) is 3.14. The van der Waals surface area contributed by atoms with Crippen LogP contribution in [0.25, 0.3) is 0 Å². The maximum Gasteiger partial charge on any atom is 0.305 e. The first-order chi connectivity index (χ1) is 9.18. The summed E-state index contributed by atoms with van der Waals surface area (Å²) in [5.41, 5.74) is 0. The number of ether oxygens (including phenoxy) is 2. The van der Waals surface area contributed by atoms with Crippen molar-refractivity contribution in [2.45, 2.75) is 39.0 Å². The van der Waals surface area contributed by atoms with Crippen molar-refractivity contribution in [3.05, 3.63) is 0 Å². The molecule has 1 aliphatic rings. The maximum absolute atomic E-state index is 11.3. The van der Waals surface area contributed by atoms with Crippen LogP contribution >= 0.6 is 0 Å². The predicted molar refractivity (Wildman–Crippen MR) is 71.0 cm³/mol. The summed E-state index contributed by atoms with van der Waals surface area (Å²) in [5.74, 6) is 0.328. The molecule has 1 aliphatic heterocycles. The molecule has 0 aromatic carbocycles. The van der Waals surface area contributed by atoms with Gasteiger partial charge < -0.3 is 14.8 Å². The number of carbonyl (C=O) groups is 2. The molecule has 0 amide bonds. The number of carbonyl (C=O) groups excluding carboxylic acids is 2. The third-order valence-electron chi connectivity index (χ3n) is 2.64. The van der Waals surface area contributed by atoms with Crippen LogP contribution < -0.4 is 5.32 Å². The summed E-state index contributed by atoms with van der Waals surface area (Å²) in [6, 6.07) is 0. The molecule has 19 heavy (non-hydrogen) atoms. The molecule has 0 aromatic rings. The number of cyclic esters (lactones) is 2. The molecule has 0 saturated carbocycles. The van der Waals surface area contributed by atoms with Gasteiger partial charge in [0.2, 0.25) is 0 Å². The summed E-state index contributed by atoms with van der Waals surface area (Å²) in [7, 11) is 0. The molecule has 0 fully saturated rings. The highest BCUT2D eigenvalue weighted by molar-refractivity contribution is 5.79. The van der Waals surface area contributed by atoms with Crippen molar-refractivity contribution >= 4 is 17.8 Å². The Morgan fingerprint density at radius 2 is 1.63 bits per heavy atom. The Morgan fingerprint density at radius 1 is 1.00 bits per heavy atom. The third kappa shape index (κ3) is 8.18. The normalized spacial score (nSPS) is 20.8. The molecule has 1 N–H and O–H groups in total. The van der Waals surface area contributed by atoms with E-state index in [4.69, 9.17) is 9.47 Å². The Bertz CT molecular complexity index is 329. The molecular formula is C13H22N2O4. The second-order valence-electron chi connectivity index (χ2n) is 4.40. The van der Waals surface area contributed by atoms with Crippen LogP contribution in [0.5, 0.6) is 0 Å². The van der Waals surface area contributed by atoms with Gasteiger partial charge in [-0.2, -0.15) is 0 Å². The van der Waals surface area contributed by atoms with E-state index in [1.165, 1.54) is 0 Å². The highest BCUT2D eigenvalue weighted by Gasteiger charge is 2.07. The van der Waals surface area contributed by atoms with Gasteiger partial charge in [0.05, 0.1) is 19.0 Å². The van der Waals surface area contributed by atoms with E-state index in [9.17, 15) is 9.59 Å². The zero-order chi connectivity index (χ0) is 13.9. The van der Waals surface area contributed by atoms with Crippen LogP contribution in [0.15, 0.2) is 4.99 Å². The predicted octanol–water partition coefficient (Wildman–Crippen LogP) is 1.04. The average molecular weight is 270 g/mol. The molecule has 0 unspecified atom stereocenters. The Kier molecular flexibility index (Phi) is 7.62. The quantitative estimate of drug-likeness (QED) is 0.666. The van der Waals surface area contributed by atoms with E-state index in [2.05, 4.69) is 10.3 Å². The molecule has 6 heteroatoms. The molecule has 0 atom stereocenters. The first kappa shape index (κ1) is 15.5. The van der Waals surface area contributed by atoms with Crippen molar-refractivity contribution < 1.29 is 19.1 Å². The van der Waals surface area contributed by atoms with Crippen LogP contribution in [-0.2, 0) is 19.1 Å². The molecule has 0 radical (unpaired) electrons. The molecule has 0 aliphatic carbocycles. The van der Waals surface area contributed by atoms with Crippen molar-refractivity contribution in [2.75, 3.05) is 26.3 Å². The molecule has 6 nitrogen and oxygen atoms in total. The molecule has 0 spiro atoms. The van der Waals surface area contributed by atoms with Gasteiger partial charge in [-0.3, -0.25) is 14.6 Å². The van der Waals surface area contributed by atoms with Crippen molar-refractivity contribution in [1.29, 1.82) is 0 Å². The van der Waals surface area contributed by atoms with Gasteiger partial charge in [-0.15, -0.1) is 0 Å². The van der Waals surface area contributed by atoms with Crippen LogP contribution in [0.1, 0.15) is 39.0 Å². The van der Waals surface area contributed by atoms with Crippen molar-refractivity contribution in [3.63, 3.8) is 0 Å². The van der Waals surface area contributed by atoms with Gasteiger partial charge in [-0.05, 0) is 19.8 Å². The number of rotatable bonds is 0. The van der Waals surface area contributed by atoms with Crippen molar-refractivity contribution in [2.24, 2.45) is 4.99 Å². The summed E-state index contributed by atoms with van der Waals surface area (Å²) >= 11 is 0. The number of amidine groups is 1. The number of hydrogen-bond acceptors (Lipinski definition) is 6.